The van der Waals surface area contributed by atoms with Gasteiger partial charge in [-0.25, -0.2) is 0 Å². The Hall–Kier alpha value is -1.38. The molecule has 16 heavy (non-hydrogen) atoms. The van der Waals surface area contributed by atoms with Crippen LogP contribution in [0.3, 0.4) is 0 Å². The minimum absolute atomic E-state index is 0.645. The third kappa shape index (κ3) is 3.33. The molecular formula is C13H22N2O. The Kier molecular flexibility index (Phi) is 4.96. The first kappa shape index (κ1) is 12.7. The van der Waals surface area contributed by atoms with E-state index < -0.39 is 0 Å². The van der Waals surface area contributed by atoms with Gasteiger partial charge in [0.2, 0.25) is 0 Å². The maximum atomic E-state index is 5.83. The van der Waals surface area contributed by atoms with Crippen LogP contribution < -0.4 is 15.4 Å². The number of nitrogens with two attached hydrogens (primary N) is 1. The molecule has 0 fully saturated rings. The van der Waals surface area contributed by atoms with E-state index in [1.54, 1.807) is 0 Å². The molecule has 0 spiro atoms. The molecule has 3 nitrogen and oxygen atoms in total. The molecule has 0 atom stereocenters. The number of unbranched alkanes of at least 4 members (excludes halogenated alkanes) is 1. The minimum atomic E-state index is 0.645. The Morgan fingerprint density at radius 1 is 1.31 bits per heavy atom. The quantitative estimate of drug-likeness (QED) is 0.752. The van der Waals surface area contributed by atoms with Crippen LogP contribution in [0.15, 0.2) is 18.2 Å². The second-order valence-corrected chi connectivity index (χ2v) is 3.93. The van der Waals surface area contributed by atoms with Crippen LogP contribution in [-0.2, 0) is 0 Å². The van der Waals surface area contributed by atoms with E-state index in [0.717, 1.165) is 18.0 Å². The molecular weight excluding hydrogens is 200 g/mol. The van der Waals surface area contributed by atoms with Crippen molar-refractivity contribution in [3.05, 3.63) is 18.2 Å². The van der Waals surface area contributed by atoms with Gasteiger partial charge < -0.3 is 15.4 Å². The van der Waals surface area contributed by atoms with Gasteiger partial charge >= 0.3 is 0 Å². The highest BCUT2D eigenvalue weighted by molar-refractivity contribution is 5.62. The second-order valence-electron chi connectivity index (χ2n) is 3.93. The molecule has 0 aliphatic rings. The maximum Gasteiger partial charge on any atom is 0.144 e. The average Bonchev–Trinajstić information content (AvgIpc) is 2.29. The summed E-state index contributed by atoms with van der Waals surface area (Å²) < 4.78 is 5.48. The molecule has 0 saturated heterocycles. The molecule has 0 amide bonds. The zero-order valence-corrected chi connectivity index (χ0v) is 10.5. The molecule has 1 rings (SSSR count). The number of ether oxygens (including phenoxy) is 1. The van der Waals surface area contributed by atoms with E-state index in [-0.39, 0.29) is 0 Å². The molecule has 1 aromatic rings. The lowest BCUT2D eigenvalue weighted by Gasteiger charge is -2.20. The molecule has 3 heteroatoms. The van der Waals surface area contributed by atoms with Crippen LogP contribution in [0.4, 0.5) is 11.4 Å². The fraction of sp³-hybridized carbons (Fsp3) is 0.538. The Morgan fingerprint density at radius 3 is 2.69 bits per heavy atom. The SMILES string of the molecule is CCCCN(C)c1ccc(N)c(OCC)c1. The smallest absolute Gasteiger partial charge is 0.144 e. The second kappa shape index (κ2) is 6.26. The summed E-state index contributed by atoms with van der Waals surface area (Å²) in [6.45, 7) is 5.87. The molecule has 0 bridgehead atoms. The monoisotopic (exact) mass is 222 g/mol. The Labute approximate surface area is 98.2 Å². The lowest BCUT2D eigenvalue weighted by atomic mass is 10.2. The molecule has 90 valence electrons. The molecule has 1 aromatic carbocycles. The predicted molar refractivity (Wildman–Crippen MR) is 70.2 cm³/mol. The molecule has 0 saturated carbocycles. The van der Waals surface area contributed by atoms with Crippen LogP contribution in [-0.4, -0.2) is 20.2 Å². The molecule has 0 radical (unpaired) electrons. The highest BCUT2D eigenvalue weighted by Crippen LogP contribution is 2.27. The van der Waals surface area contributed by atoms with Crippen molar-refractivity contribution in [3.8, 4) is 5.75 Å². The Morgan fingerprint density at radius 2 is 2.06 bits per heavy atom. The van der Waals surface area contributed by atoms with Crippen molar-refractivity contribution in [2.45, 2.75) is 26.7 Å². The average molecular weight is 222 g/mol. The first-order chi connectivity index (χ1) is 7.69. The number of hydrogen-bond donors (Lipinski definition) is 1. The van der Waals surface area contributed by atoms with E-state index in [1.165, 1.54) is 12.8 Å². The maximum absolute atomic E-state index is 5.83. The van der Waals surface area contributed by atoms with Crippen molar-refractivity contribution >= 4 is 11.4 Å². The van der Waals surface area contributed by atoms with E-state index in [1.807, 2.05) is 25.1 Å². The molecule has 0 aliphatic carbocycles. The normalized spacial score (nSPS) is 10.2. The topological polar surface area (TPSA) is 38.5 Å². The first-order valence-corrected chi connectivity index (χ1v) is 5.92. The number of nitrogen functional groups attached to an aromatic ring is 1. The van der Waals surface area contributed by atoms with E-state index in [2.05, 4.69) is 18.9 Å². The van der Waals surface area contributed by atoms with Crippen LogP contribution in [0.1, 0.15) is 26.7 Å². The summed E-state index contributed by atoms with van der Waals surface area (Å²) >= 11 is 0. The summed E-state index contributed by atoms with van der Waals surface area (Å²) in [5.41, 5.74) is 7.69. The summed E-state index contributed by atoms with van der Waals surface area (Å²) in [6, 6.07) is 5.95. The van der Waals surface area contributed by atoms with Gasteiger partial charge in [-0.05, 0) is 25.5 Å². The fourth-order valence-corrected chi connectivity index (χ4v) is 1.57. The van der Waals surface area contributed by atoms with Gasteiger partial charge in [0.25, 0.3) is 0 Å². The van der Waals surface area contributed by atoms with Crippen molar-refractivity contribution in [2.75, 3.05) is 30.8 Å². The van der Waals surface area contributed by atoms with E-state index in [9.17, 15) is 0 Å². The third-order valence-corrected chi connectivity index (χ3v) is 2.58. The zero-order valence-electron chi connectivity index (χ0n) is 10.5. The highest BCUT2D eigenvalue weighted by Gasteiger charge is 2.05. The molecule has 0 unspecified atom stereocenters. The van der Waals surface area contributed by atoms with Crippen molar-refractivity contribution in [1.29, 1.82) is 0 Å². The summed E-state index contributed by atoms with van der Waals surface area (Å²) in [5, 5.41) is 0. The van der Waals surface area contributed by atoms with Crippen molar-refractivity contribution < 1.29 is 4.74 Å². The molecule has 0 aromatic heterocycles. The summed E-state index contributed by atoms with van der Waals surface area (Å²) in [5.74, 6) is 0.781. The van der Waals surface area contributed by atoms with Gasteiger partial charge in [-0.3, -0.25) is 0 Å². The van der Waals surface area contributed by atoms with Gasteiger partial charge in [0.05, 0.1) is 12.3 Å². The largest absolute Gasteiger partial charge is 0.492 e. The highest BCUT2D eigenvalue weighted by atomic mass is 16.5. The molecule has 0 heterocycles. The minimum Gasteiger partial charge on any atom is -0.492 e. The number of anilines is 2. The Bertz CT molecular complexity index is 326. The molecule has 0 aliphatic heterocycles. The van der Waals surface area contributed by atoms with Crippen LogP contribution in [0.2, 0.25) is 0 Å². The van der Waals surface area contributed by atoms with Crippen molar-refractivity contribution in [3.63, 3.8) is 0 Å². The first-order valence-electron chi connectivity index (χ1n) is 5.92. The van der Waals surface area contributed by atoms with E-state index >= 15 is 0 Å². The fourth-order valence-electron chi connectivity index (χ4n) is 1.57. The van der Waals surface area contributed by atoms with Gasteiger partial charge in [-0.1, -0.05) is 13.3 Å². The van der Waals surface area contributed by atoms with Crippen LogP contribution in [0.5, 0.6) is 5.75 Å². The predicted octanol–water partition coefficient (Wildman–Crippen LogP) is 2.90. The van der Waals surface area contributed by atoms with Crippen molar-refractivity contribution in [2.24, 2.45) is 0 Å². The third-order valence-electron chi connectivity index (χ3n) is 2.58. The standard InChI is InChI=1S/C13H22N2O/c1-4-6-9-15(3)11-7-8-12(14)13(10-11)16-5-2/h7-8,10H,4-6,9,14H2,1-3H3. The van der Waals surface area contributed by atoms with Crippen molar-refractivity contribution in [1.82, 2.24) is 0 Å². The zero-order chi connectivity index (χ0) is 12.0. The molecule has 2 N–H and O–H groups in total. The van der Waals surface area contributed by atoms with Gasteiger partial charge in [0.15, 0.2) is 0 Å². The van der Waals surface area contributed by atoms with Gasteiger partial charge in [0.1, 0.15) is 5.75 Å². The summed E-state index contributed by atoms with van der Waals surface area (Å²) in [7, 11) is 2.09. The lowest BCUT2D eigenvalue weighted by Crippen LogP contribution is -2.18. The number of rotatable bonds is 6. The number of benzene rings is 1. The van der Waals surface area contributed by atoms with Crippen LogP contribution in [0.25, 0.3) is 0 Å². The van der Waals surface area contributed by atoms with Gasteiger partial charge in [-0.2, -0.15) is 0 Å². The van der Waals surface area contributed by atoms with Gasteiger partial charge in [-0.15, -0.1) is 0 Å². The number of hydrogen-bond acceptors (Lipinski definition) is 3. The summed E-state index contributed by atoms with van der Waals surface area (Å²) in [4.78, 5) is 2.23. The number of nitrogens with zero attached hydrogens (tertiary/aromatic N) is 1. The van der Waals surface area contributed by atoms with Gasteiger partial charge in [0, 0.05) is 25.3 Å². The van der Waals surface area contributed by atoms with E-state index in [4.69, 9.17) is 10.5 Å². The van der Waals surface area contributed by atoms with Crippen LogP contribution in [0, 0.1) is 0 Å². The summed E-state index contributed by atoms with van der Waals surface area (Å²) in [6.07, 6.45) is 2.41. The van der Waals surface area contributed by atoms with Crippen LogP contribution >= 0.6 is 0 Å². The van der Waals surface area contributed by atoms with E-state index in [0.29, 0.717) is 12.3 Å². The lowest BCUT2D eigenvalue weighted by molar-refractivity contribution is 0.342. The Balaban J connectivity index is 2.76.